The van der Waals surface area contributed by atoms with Crippen molar-refractivity contribution in [2.75, 3.05) is 17.7 Å². The second kappa shape index (κ2) is 7.84. The molecule has 0 aliphatic rings. The van der Waals surface area contributed by atoms with E-state index in [1.165, 1.54) is 12.4 Å². The summed E-state index contributed by atoms with van der Waals surface area (Å²) in [6.07, 6.45) is 2.92. The number of halogens is 1. The Balaban J connectivity index is 1.68. The Morgan fingerprint density at radius 2 is 1.85 bits per heavy atom. The average Bonchev–Trinajstić information content (AvgIpc) is 2.66. The van der Waals surface area contributed by atoms with E-state index in [1.807, 2.05) is 37.3 Å². The van der Waals surface area contributed by atoms with Crippen LogP contribution in [0, 0.1) is 6.92 Å². The van der Waals surface area contributed by atoms with Gasteiger partial charge in [-0.1, -0.05) is 17.7 Å². The third kappa shape index (κ3) is 4.29. The minimum Gasteiger partial charge on any atom is -0.497 e. The number of carbonyl (C=O) groups excluding carboxylic acids is 1. The summed E-state index contributed by atoms with van der Waals surface area (Å²) in [5.74, 6) is 0.953. The molecule has 0 aliphatic heterocycles. The lowest BCUT2D eigenvalue weighted by molar-refractivity contribution is 0.102. The Morgan fingerprint density at radius 3 is 2.50 bits per heavy atom. The predicted molar refractivity (Wildman–Crippen MR) is 102 cm³/mol. The summed E-state index contributed by atoms with van der Waals surface area (Å²) in [4.78, 5) is 20.7. The minimum absolute atomic E-state index is 0.213. The SMILES string of the molecule is COc1ccc(Nc2cnc(C(=O)Nc3cc(Cl)ccc3C)cn2)cc1. The van der Waals surface area contributed by atoms with Gasteiger partial charge in [0.1, 0.15) is 17.3 Å². The number of amides is 1. The average molecular weight is 369 g/mol. The first-order chi connectivity index (χ1) is 12.5. The van der Waals surface area contributed by atoms with Crippen LogP contribution in [0.25, 0.3) is 0 Å². The number of methoxy groups -OCH3 is 1. The van der Waals surface area contributed by atoms with Crippen LogP contribution >= 0.6 is 11.6 Å². The van der Waals surface area contributed by atoms with Gasteiger partial charge in [0.05, 0.1) is 19.5 Å². The molecule has 6 nitrogen and oxygen atoms in total. The number of aryl methyl sites for hydroxylation is 1. The normalized spacial score (nSPS) is 10.3. The van der Waals surface area contributed by atoms with Gasteiger partial charge in [-0.3, -0.25) is 4.79 Å². The maximum Gasteiger partial charge on any atom is 0.275 e. The first-order valence-corrected chi connectivity index (χ1v) is 8.23. The van der Waals surface area contributed by atoms with Crippen molar-refractivity contribution >= 4 is 34.7 Å². The molecule has 2 aromatic carbocycles. The van der Waals surface area contributed by atoms with Gasteiger partial charge < -0.3 is 15.4 Å². The van der Waals surface area contributed by atoms with Crippen molar-refractivity contribution in [1.82, 2.24) is 9.97 Å². The van der Waals surface area contributed by atoms with Crippen LogP contribution in [-0.4, -0.2) is 23.0 Å². The number of nitrogens with zero attached hydrogens (tertiary/aromatic N) is 2. The van der Waals surface area contributed by atoms with E-state index in [0.717, 1.165) is 17.0 Å². The van der Waals surface area contributed by atoms with E-state index < -0.39 is 0 Å². The van der Waals surface area contributed by atoms with Crippen LogP contribution in [0.15, 0.2) is 54.9 Å². The van der Waals surface area contributed by atoms with Crippen molar-refractivity contribution in [3.63, 3.8) is 0 Å². The molecule has 7 heteroatoms. The van der Waals surface area contributed by atoms with Crippen LogP contribution in [0.2, 0.25) is 5.02 Å². The molecule has 1 heterocycles. The topological polar surface area (TPSA) is 76.1 Å². The zero-order valence-electron chi connectivity index (χ0n) is 14.3. The summed E-state index contributed by atoms with van der Waals surface area (Å²) in [7, 11) is 1.61. The molecular weight excluding hydrogens is 352 g/mol. The molecule has 132 valence electrons. The van der Waals surface area contributed by atoms with Crippen molar-refractivity contribution in [3.05, 3.63) is 71.1 Å². The Bertz CT molecular complexity index is 912. The lowest BCUT2D eigenvalue weighted by Crippen LogP contribution is -2.15. The Morgan fingerprint density at radius 1 is 1.08 bits per heavy atom. The predicted octanol–water partition coefficient (Wildman–Crippen LogP) is 4.44. The second-order valence-corrected chi connectivity index (χ2v) is 5.99. The van der Waals surface area contributed by atoms with Gasteiger partial charge in [0.25, 0.3) is 5.91 Å². The maximum absolute atomic E-state index is 12.3. The molecule has 0 saturated heterocycles. The summed E-state index contributed by atoms with van der Waals surface area (Å²) in [5.41, 5.74) is 2.61. The number of hydrogen-bond acceptors (Lipinski definition) is 5. The number of nitrogens with one attached hydrogen (secondary N) is 2. The first-order valence-electron chi connectivity index (χ1n) is 7.86. The number of benzene rings is 2. The zero-order valence-corrected chi connectivity index (χ0v) is 15.0. The molecule has 26 heavy (non-hydrogen) atoms. The summed E-state index contributed by atoms with van der Waals surface area (Å²) in [6, 6.07) is 12.7. The van der Waals surface area contributed by atoms with Gasteiger partial charge in [-0.05, 0) is 48.9 Å². The van der Waals surface area contributed by atoms with Crippen LogP contribution in [-0.2, 0) is 0 Å². The molecule has 2 N–H and O–H groups in total. The summed E-state index contributed by atoms with van der Waals surface area (Å²) in [6.45, 7) is 1.89. The molecule has 0 spiro atoms. The van der Waals surface area contributed by atoms with Crippen molar-refractivity contribution in [3.8, 4) is 5.75 Å². The summed E-state index contributed by atoms with van der Waals surface area (Å²) >= 11 is 5.97. The van der Waals surface area contributed by atoms with Gasteiger partial charge in [-0.15, -0.1) is 0 Å². The lowest BCUT2D eigenvalue weighted by Gasteiger charge is -2.09. The van der Waals surface area contributed by atoms with Gasteiger partial charge in [0, 0.05) is 16.4 Å². The fraction of sp³-hybridized carbons (Fsp3) is 0.105. The quantitative estimate of drug-likeness (QED) is 0.696. The minimum atomic E-state index is -0.348. The van der Waals surface area contributed by atoms with E-state index in [2.05, 4.69) is 20.6 Å². The number of hydrogen-bond donors (Lipinski definition) is 2. The molecule has 1 amide bonds. The van der Waals surface area contributed by atoms with Crippen molar-refractivity contribution in [2.24, 2.45) is 0 Å². The van der Waals surface area contributed by atoms with Crippen molar-refractivity contribution in [1.29, 1.82) is 0 Å². The molecule has 3 aromatic rings. The highest BCUT2D eigenvalue weighted by molar-refractivity contribution is 6.31. The van der Waals surface area contributed by atoms with Crippen molar-refractivity contribution in [2.45, 2.75) is 6.92 Å². The Labute approximate surface area is 156 Å². The molecule has 0 atom stereocenters. The number of aromatic nitrogens is 2. The molecule has 0 unspecified atom stereocenters. The molecule has 1 aromatic heterocycles. The second-order valence-electron chi connectivity index (χ2n) is 5.55. The first kappa shape index (κ1) is 17.7. The highest BCUT2D eigenvalue weighted by Gasteiger charge is 2.10. The van der Waals surface area contributed by atoms with E-state index >= 15 is 0 Å². The number of rotatable bonds is 5. The number of anilines is 3. The standard InChI is InChI=1S/C19H17ClN4O2/c1-12-3-4-13(20)9-16(12)24-19(25)17-10-22-18(11-21-17)23-14-5-7-15(26-2)8-6-14/h3-11H,1-2H3,(H,22,23)(H,24,25). The highest BCUT2D eigenvalue weighted by atomic mass is 35.5. The van der Waals surface area contributed by atoms with E-state index in [9.17, 15) is 4.79 Å². The van der Waals surface area contributed by atoms with Gasteiger partial charge >= 0.3 is 0 Å². The van der Waals surface area contributed by atoms with Crippen LogP contribution in [0.4, 0.5) is 17.2 Å². The number of carbonyl (C=O) groups is 1. The van der Waals surface area contributed by atoms with E-state index in [4.69, 9.17) is 16.3 Å². The number of ether oxygens (including phenoxy) is 1. The van der Waals surface area contributed by atoms with Crippen LogP contribution < -0.4 is 15.4 Å². The largest absolute Gasteiger partial charge is 0.497 e. The lowest BCUT2D eigenvalue weighted by atomic mass is 10.2. The molecule has 0 aliphatic carbocycles. The molecule has 0 fully saturated rings. The smallest absolute Gasteiger partial charge is 0.275 e. The third-order valence-corrected chi connectivity index (χ3v) is 3.93. The van der Waals surface area contributed by atoms with E-state index in [-0.39, 0.29) is 11.6 Å². The molecule has 0 bridgehead atoms. The molecular formula is C19H17ClN4O2. The Kier molecular flexibility index (Phi) is 5.34. The fourth-order valence-corrected chi connectivity index (χ4v) is 2.42. The van der Waals surface area contributed by atoms with Crippen molar-refractivity contribution < 1.29 is 9.53 Å². The fourth-order valence-electron chi connectivity index (χ4n) is 2.25. The monoisotopic (exact) mass is 368 g/mol. The highest BCUT2D eigenvalue weighted by Crippen LogP contribution is 2.21. The van der Waals surface area contributed by atoms with E-state index in [0.29, 0.717) is 16.5 Å². The van der Waals surface area contributed by atoms with Crippen LogP contribution in [0.5, 0.6) is 5.75 Å². The van der Waals surface area contributed by atoms with Gasteiger partial charge in [-0.2, -0.15) is 0 Å². The molecule has 3 rings (SSSR count). The van der Waals surface area contributed by atoms with Crippen LogP contribution in [0.1, 0.15) is 16.1 Å². The summed E-state index contributed by atoms with van der Waals surface area (Å²) in [5, 5.41) is 6.45. The molecule has 0 radical (unpaired) electrons. The van der Waals surface area contributed by atoms with E-state index in [1.54, 1.807) is 19.2 Å². The van der Waals surface area contributed by atoms with Gasteiger partial charge in [-0.25, -0.2) is 9.97 Å². The molecule has 0 saturated carbocycles. The third-order valence-electron chi connectivity index (χ3n) is 3.69. The zero-order chi connectivity index (χ0) is 18.5. The van der Waals surface area contributed by atoms with Gasteiger partial charge in [0.2, 0.25) is 0 Å². The summed E-state index contributed by atoms with van der Waals surface area (Å²) < 4.78 is 5.12. The van der Waals surface area contributed by atoms with Gasteiger partial charge in [0.15, 0.2) is 0 Å². The van der Waals surface area contributed by atoms with Crippen LogP contribution in [0.3, 0.4) is 0 Å². The Hall–Kier alpha value is -3.12. The maximum atomic E-state index is 12.3.